The predicted octanol–water partition coefficient (Wildman–Crippen LogP) is 3.86. The lowest BCUT2D eigenvalue weighted by atomic mass is 10.1. The van der Waals surface area contributed by atoms with Crippen molar-refractivity contribution in [3.05, 3.63) is 40.5 Å². The number of phenols is 1. The van der Waals surface area contributed by atoms with Gasteiger partial charge in [0.15, 0.2) is 5.82 Å². The second-order valence-corrected chi connectivity index (χ2v) is 6.58. The van der Waals surface area contributed by atoms with E-state index in [9.17, 15) is 5.11 Å². The first-order chi connectivity index (χ1) is 11.5. The second-order valence-electron chi connectivity index (χ2n) is 5.38. The summed E-state index contributed by atoms with van der Waals surface area (Å²) in [6.45, 7) is 5.93. The standard InChI is InChI=1S/C17H18N4O2S/c1-9-11(3)24-17-15(9)16(18-8-19-17)21-20-10(2)13-6-5-12(23-4)7-14(13)22/h5-8,22H,1-4H3,(H,18,19,21)/b20-10+. The molecule has 1 aromatic carbocycles. The van der Waals surface area contributed by atoms with Crippen molar-refractivity contribution in [3.8, 4) is 11.5 Å². The van der Waals surface area contributed by atoms with Crippen molar-refractivity contribution >= 4 is 33.1 Å². The molecule has 0 aliphatic rings. The molecule has 3 rings (SSSR count). The molecule has 0 unspecified atom stereocenters. The van der Waals surface area contributed by atoms with Crippen LogP contribution in [0.1, 0.15) is 22.9 Å². The first-order valence-electron chi connectivity index (χ1n) is 7.39. The molecule has 3 aromatic rings. The van der Waals surface area contributed by atoms with Gasteiger partial charge in [-0.3, -0.25) is 5.43 Å². The van der Waals surface area contributed by atoms with Gasteiger partial charge < -0.3 is 9.84 Å². The van der Waals surface area contributed by atoms with Crippen molar-refractivity contribution in [2.24, 2.45) is 5.10 Å². The van der Waals surface area contributed by atoms with Crippen LogP contribution in [0.5, 0.6) is 11.5 Å². The highest BCUT2D eigenvalue weighted by Crippen LogP contribution is 2.32. The summed E-state index contributed by atoms with van der Waals surface area (Å²) >= 11 is 1.64. The zero-order valence-corrected chi connectivity index (χ0v) is 14.7. The van der Waals surface area contributed by atoms with Crippen LogP contribution in [0.25, 0.3) is 10.2 Å². The van der Waals surface area contributed by atoms with E-state index in [1.165, 1.54) is 11.2 Å². The molecule has 0 saturated carbocycles. The Morgan fingerprint density at radius 2 is 2.08 bits per heavy atom. The van der Waals surface area contributed by atoms with E-state index in [-0.39, 0.29) is 5.75 Å². The number of anilines is 1. The molecular weight excluding hydrogens is 324 g/mol. The molecule has 0 radical (unpaired) electrons. The zero-order valence-electron chi connectivity index (χ0n) is 13.9. The second kappa shape index (κ2) is 6.45. The molecule has 2 N–H and O–H groups in total. The topological polar surface area (TPSA) is 79.6 Å². The average Bonchev–Trinajstić information content (AvgIpc) is 2.87. The van der Waals surface area contributed by atoms with Crippen LogP contribution in [-0.2, 0) is 0 Å². The average molecular weight is 342 g/mol. The number of aryl methyl sites for hydroxylation is 2. The number of aromatic hydroxyl groups is 1. The van der Waals surface area contributed by atoms with E-state index in [1.54, 1.807) is 36.6 Å². The summed E-state index contributed by atoms with van der Waals surface area (Å²) in [7, 11) is 1.56. The Kier molecular flexibility index (Phi) is 4.35. The molecule has 0 bridgehead atoms. The number of nitrogens with zero attached hydrogens (tertiary/aromatic N) is 3. The van der Waals surface area contributed by atoms with Crippen LogP contribution >= 0.6 is 11.3 Å². The molecule has 0 saturated heterocycles. The van der Waals surface area contributed by atoms with E-state index in [1.807, 2.05) is 6.92 Å². The van der Waals surface area contributed by atoms with Gasteiger partial charge in [0.1, 0.15) is 22.7 Å². The number of ether oxygens (including phenoxy) is 1. The molecule has 0 spiro atoms. The van der Waals surface area contributed by atoms with Crippen molar-refractivity contribution in [1.29, 1.82) is 0 Å². The summed E-state index contributed by atoms with van der Waals surface area (Å²) in [5.41, 5.74) is 5.42. The number of hydrogen-bond donors (Lipinski definition) is 2. The maximum absolute atomic E-state index is 10.1. The number of rotatable bonds is 4. The maximum atomic E-state index is 10.1. The largest absolute Gasteiger partial charge is 0.507 e. The number of aromatic nitrogens is 2. The van der Waals surface area contributed by atoms with Crippen molar-refractivity contribution in [2.45, 2.75) is 20.8 Å². The Labute approximate surface area is 143 Å². The van der Waals surface area contributed by atoms with Gasteiger partial charge >= 0.3 is 0 Å². The Balaban J connectivity index is 1.93. The predicted molar refractivity (Wildman–Crippen MR) is 97.4 cm³/mol. The molecule has 0 aliphatic carbocycles. The highest BCUT2D eigenvalue weighted by molar-refractivity contribution is 7.18. The minimum atomic E-state index is 0.118. The van der Waals surface area contributed by atoms with E-state index < -0.39 is 0 Å². The fraction of sp³-hybridized carbons (Fsp3) is 0.235. The van der Waals surface area contributed by atoms with Crippen LogP contribution in [0.4, 0.5) is 5.82 Å². The summed E-state index contributed by atoms with van der Waals surface area (Å²) in [5, 5.41) is 15.4. The minimum Gasteiger partial charge on any atom is -0.507 e. The monoisotopic (exact) mass is 342 g/mol. The summed E-state index contributed by atoms with van der Waals surface area (Å²) in [6, 6.07) is 5.11. The van der Waals surface area contributed by atoms with Gasteiger partial charge in [-0.2, -0.15) is 5.10 Å². The van der Waals surface area contributed by atoms with Crippen LogP contribution in [-0.4, -0.2) is 27.9 Å². The van der Waals surface area contributed by atoms with Gasteiger partial charge in [0.05, 0.1) is 18.2 Å². The van der Waals surface area contributed by atoms with Gasteiger partial charge in [-0.1, -0.05) is 0 Å². The molecule has 124 valence electrons. The number of hydrogen-bond acceptors (Lipinski definition) is 7. The summed E-state index contributed by atoms with van der Waals surface area (Å²) in [6.07, 6.45) is 1.52. The fourth-order valence-corrected chi connectivity index (χ4v) is 3.41. The number of nitrogens with one attached hydrogen (secondary N) is 1. The molecule has 0 fully saturated rings. The smallest absolute Gasteiger partial charge is 0.158 e. The fourth-order valence-electron chi connectivity index (χ4n) is 2.41. The quantitative estimate of drug-likeness (QED) is 0.556. The first-order valence-corrected chi connectivity index (χ1v) is 8.21. The number of hydrazone groups is 1. The van der Waals surface area contributed by atoms with E-state index in [2.05, 4.69) is 34.3 Å². The van der Waals surface area contributed by atoms with Gasteiger partial charge in [-0.05, 0) is 38.5 Å². The lowest BCUT2D eigenvalue weighted by molar-refractivity contribution is 0.407. The molecule has 24 heavy (non-hydrogen) atoms. The maximum Gasteiger partial charge on any atom is 0.158 e. The van der Waals surface area contributed by atoms with Gasteiger partial charge in [-0.15, -0.1) is 11.3 Å². The van der Waals surface area contributed by atoms with Gasteiger partial charge in [0, 0.05) is 16.5 Å². The van der Waals surface area contributed by atoms with Crippen molar-refractivity contribution < 1.29 is 9.84 Å². The number of thiophene rings is 1. The van der Waals surface area contributed by atoms with E-state index >= 15 is 0 Å². The SMILES string of the molecule is COc1ccc(/C(C)=N/Nc2ncnc3sc(C)c(C)c23)c(O)c1. The number of phenolic OH excluding ortho intramolecular Hbond substituents is 1. The summed E-state index contributed by atoms with van der Waals surface area (Å²) < 4.78 is 5.09. The highest BCUT2D eigenvalue weighted by atomic mass is 32.1. The lowest BCUT2D eigenvalue weighted by Gasteiger charge is -2.08. The third kappa shape index (κ3) is 2.90. The van der Waals surface area contributed by atoms with Crippen LogP contribution in [0.15, 0.2) is 29.6 Å². The first kappa shape index (κ1) is 16.2. The number of methoxy groups -OCH3 is 1. The Hall–Kier alpha value is -2.67. The summed E-state index contributed by atoms with van der Waals surface area (Å²) in [5.74, 6) is 1.38. The van der Waals surface area contributed by atoms with Crippen molar-refractivity contribution in [1.82, 2.24) is 9.97 Å². The number of fused-ring (bicyclic) bond motifs is 1. The lowest BCUT2D eigenvalue weighted by Crippen LogP contribution is -2.02. The summed E-state index contributed by atoms with van der Waals surface area (Å²) in [4.78, 5) is 10.7. The molecule has 7 heteroatoms. The highest BCUT2D eigenvalue weighted by Gasteiger charge is 2.12. The molecule has 0 amide bonds. The molecule has 2 heterocycles. The minimum absolute atomic E-state index is 0.118. The Bertz CT molecular complexity index is 934. The third-order valence-electron chi connectivity index (χ3n) is 3.89. The zero-order chi connectivity index (χ0) is 17.3. The van der Waals surface area contributed by atoms with Crippen molar-refractivity contribution in [3.63, 3.8) is 0 Å². The molecule has 6 nitrogen and oxygen atoms in total. The number of benzene rings is 1. The Morgan fingerprint density at radius 3 is 2.79 bits per heavy atom. The van der Waals surface area contributed by atoms with E-state index in [4.69, 9.17) is 4.74 Å². The van der Waals surface area contributed by atoms with Gasteiger partial charge in [0.25, 0.3) is 0 Å². The van der Waals surface area contributed by atoms with E-state index in [0.29, 0.717) is 22.8 Å². The van der Waals surface area contributed by atoms with E-state index in [0.717, 1.165) is 15.8 Å². The van der Waals surface area contributed by atoms with Crippen LogP contribution in [0.2, 0.25) is 0 Å². The van der Waals surface area contributed by atoms with Crippen LogP contribution in [0, 0.1) is 13.8 Å². The van der Waals surface area contributed by atoms with Gasteiger partial charge in [0.2, 0.25) is 0 Å². The normalized spacial score (nSPS) is 11.8. The molecule has 2 aromatic heterocycles. The van der Waals surface area contributed by atoms with Gasteiger partial charge in [-0.25, -0.2) is 9.97 Å². The molecule has 0 atom stereocenters. The molecule has 0 aliphatic heterocycles. The Morgan fingerprint density at radius 1 is 1.29 bits per heavy atom. The van der Waals surface area contributed by atoms with Crippen LogP contribution < -0.4 is 10.2 Å². The van der Waals surface area contributed by atoms with Crippen molar-refractivity contribution in [2.75, 3.05) is 12.5 Å². The third-order valence-corrected chi connectivity index (χ3v) is 5.00. The molecular formula is C17H18N4O2S. The van der Waals surface area contributed by atoms with Crippen LogP contribution in [0.3, 0.4) is 0 Å².